The first kappa shape index (κ1) is 22.2. The van der Waals surface area contributed by atoms with Gasteiger partial charge in [-0.1, -0.05) is 70.4 Å². The first-order chi connectivity index (χ1) is 11.3. The van der Waals surface area contributed by atoms with Crippen molar-refractivity contribution in [1.82, 2.24) is 5.32 Å². The number of carbonyl (C=O) groups excluding carboxylic acids is 1. The molecular formula is C20H40N2O. The van der Waals surface area contributed by atoms with E-state index in [-0.39, 0.29) is 5.91 Å². The van der Waals surface area contributed by atoms with E-state index in [2.05, 4.69) is 24.4 Å². The molecule has 0 bridgehead atoms. The Hall–Kier alpha value is -0.830. The molecule has 1 fully saturated rings. The minimum atomic E-state index is -0.164. The molecule has 1 aliphatic rings. The molecule has 1 saturated heterocycles. The number of rotatable bonds is 15. The summed E-state index contributed by atoms with van der Waals surface area (Å²) in [6.45, 7) is 4.76. The van der Waals surface area contributed by atoms with E-state index in [0.717, 1.165) is 12.8 Å². The Bertz CT molecular complexity index is 272. The number of hydrogen-bond donors (Lipinski definition) is 2. The van der Waals surface area contributed by atoms with Crippen molar-refractivity contribution >= 4 is 5.91 Å². The zero-order chi connectivity index (χ0) is 17.0. The highest BCUT2D eigenvalue weighted by atomic mass is 16.1. The fourth-order valence-corrected chi connectivity index (χ4v) is 2.37. The molecule has 0 saturated carbocycles. The first-order valence-electron chi connectivity index (χ1n) is 9.91. The summed E-state index contributed by atoms with van der Waals surface area (Å²) in [5.41, 5.74) is 5.10. The van der Waals surface area contributed by atoms with E-state index in [9.17, 15) is 4.79 Å². The van der Waals surface area contributed by atoms with Gasteiger partial charge in [0.1, 0.15) is 0 Å². The van der Waals surface area contributed by atoms with Gasteiger partial charge in [0.25, 0.3) is 0 Å². The highest BCUT2D eigenvalue weighted by molar-refractivity contribution is 5.73. The van der Waals surface area contributed by atoms with Gasteiger partial charge in [-0.2, -0.15) is 0 Å². The summed E-state index contributed by atoms with van der Waals surface area (Å²) in [6.07, 6.45) is 21.9. The standard InChI is InChI=1S/C18H35NO.C2H5N/c1-2-3-4-5-6-7-8-9-10-11-12-13-14-15-16-17-18(19)20;1-2-3-1/h9-10H,2-8,11-17H2,1H3,(H2,19,20);3H,1-2H2/b10-9-;. The number of nitrogens with one attached hydrogen (secondary N) is 1. The van der Waals surface area contributed by atoms with Crippen LogP contribution < -0.4 is 11.1 Å². The SMILES string of the molecule is C1CN1.CCCCCCCC/C=C\CCCCCCCC(N)=O. The smallest absolute Gasteiger partial charge is 0.217 e. The van der Waals surface area contributed by atoms with E-state index in [0.29, 0.717) is 6.42 Å². The van der Waals surface area contributed by atoms with Gasteiger partial charge < -0.3 is 11.1 Å². The second kappa shape index (κ2) is 19.2. The molecule has 0 aromatic carbocycles. The molecule has 0 aliphatic carbocycles. The predicted octanol–water partition coefficient (Wildman–Crippen LogP) is 5.10. The van der Waals surface area contributed by atoms with Crippen LogP contribution in [0, 0.1) is 0 Å². The van der Waals surface area contributed by atoms with Crippen molar-refractivity contribution in [3.05, 3.63) is 12.2 Å². The number of amides is 1. The fourth-order valence-electron chi connectivity index (χ4n) is 2.37. The second-order valence-electron chi connectivity index (χ2n) is 6.55. The Morgan fingerprint density at radius 2 is 1.26 bits per heavy atom. The van der Waals surface area contributed by atoms with E-state index in [4.69, 9.17) is 5.73 Å². The van der Waals surface area contributed by atoms with Crippen molar-refractivity contribution in [2.24, 2.45) is 5.73 Å². The highest BCUT2D eigenvalue weighted by Crippen LogP contribution is 2.09. The van der Waals surface area contributed by atoms with Crippen molar-refractivity contribution in [1.29, 1.82) is 0 Å². The first-order valence-corrected chi connectivity index (χ1v) is 9.91. The molecule has 1 amide bonds. The lowest BCUT2D eigenvalue weighted by Gasteiger charge is -1.99. The minimum Gasteiger partial charge on any atom is -0.370 e. The minimum absolute atomic E-state index is 0.164. The van der Waals surface area contributed by atoms with Gasteiger partial charge in [-0.05, 0) is 32.1 Å². The lowest BCUT2D eigenvalue weighted by atomic mass is 10.1. The quantitative estimate of drug-likeness (QED) is 0.250. The Labute approximate surface area is 144 Å². The fraction of sp³-hybridized carbons (Fsp3) is 0.850. The molecule has 1 aliphatic heterocycles. The zero-order valence-corrected chi connectivity index (χ0v) is 15.5. The molecule has 3 N–H and O–H groups in total. The van der Waals surface area contributed by atoms with Gasteiger partial charge >= 0.3 is 0 Å². The molecule has 136 valence electrons. The van der Waals surface area contributed by atoms with Crippen molar-refractivity contribution < 1.29 is 4.79 Å². The van der Waals surface area contributed by atoms with Crippen molar-refractivity contribution in [2.75, 3.05) is 13.1 Å². The monoisotopic (exact) mass is 324 g/mol. The molecule has 1 rings (SSSR count). The van der Waals surface area contributed by atoms with Gasteiger partial charge in [0.15, 0.2) is 0 Å². The molecule has 0 aromatic heterocycles. The third-order valence-corrected chi connectivity index (χ3v) is 3.93. The molecule has 0 radical (unpaired) electrons. The van der Waals surface area contributed by atoms with Crippen molar-refractivity contribution in [3.63, 3.8) is 0 Å². The maximum Gasteiger partial charge on any atom is 0.217 e. The number of primary amides is 1. The predicted molar refractivity (Wildman–Crippen MR) is 102 cm³/mol. The Morgan fingerprint density at radius 1 is 0.826 bits per heavy atom. The summed E-state index contributed by atoms with van der Waals surface area (Å²) in [5, 5.41) is 3.00. The van der Waals surface area contributed by atoms with Crippen LogP contribution in [0.2, 0.25) is 0 Å². The van der Waals surface area contributed by atoms with Crippen LogP contribution in [0.5, 0.6) is 0 Å². The summed E-state index contributed by atoms with van der Waals surface area (Å²) in [7, 11) is 0. The number of allylic oxidation sites excluding steroid dienone is 2. The molecular weight excluding hydrogens is 284 g/mol. The normalized spacial score (nSPS) is 12.9. The second-order valence-corrected chi connectivity index (χ2v) is 6.55. The molecule has 0 spiro atoms. The van der Waals surface area contributed by atoms with Crippen LogP contribution >= 0.6 is 0 Å². The Morgan fingerprint density at radius 3 is 1.70 bits per heavy atom. The third-order valence-electron chi connectivity index (χ3n) is 3.93. The number of nitrogens with two attached hydrogens (primary N) is 1. The average molecular weight is 325 g/mol. The van der Waals surface area contributed by atoms with Gasteiger partial charge in [0.05, 0.1) is 0 Å². The van der Waals surface area contributed by atoms with Gasteiger partial charge in [0.2, 0.25) is 5.91 Å². The van der Waals surface area contributed by atoms with Gasteiger partial charge in [-0.15, -0.1) is 0 Å². The molecule has 0 atom stereocenters. The Balaban J connectivity index is 0.00000143. The van der Waals surface area contributed by atoms with Gasteiger partial charge in [-0.25, -0.2) is 0 Å². The van der Waals surface area contributed by atoms with Crippen LogP contribution in [-0.2, 0) is 4.79 Å². The topological polar surface area (TPSA) is 65.0 Å². The Kier molecular flexibility index (Phi) is 18.5. The largest absolute Gasteiger partial charge is 0.370 e. The maximum absolute atomic E-state index is 10.5. The molecule has 3 nitrogen and oxygen atoms in total. The van der Waals surface area contributed by atoms with E-state index in [1.807, 2.05) is 0 Å². The molecule has 0 unspecified atom stereocenters. The molecule has 0 aromatic rings. The molecule has 3 heteroatoms. The van der Waals surface area contributed by atoms with Crippen LogP contribution in [0.3, 0.4) is 0 Å². The summed E-state index contributed by atoms with van der Waals surface area (Å²) < 4.78 is 0. The van der Waals surface area contributed by atoms with E-state index < -0.39 is 0 Å². The summed E-state index contributed by atoms with van der Waals surface area (Å²) in [6, 6.07) is 0. The van der Waals surface area contributed by atoms with Crippen molar-refractivity contribution in [3.8, 4) is 0 Å². The number of unbranched alkanes of at least 4 members (excludes halogenated alkanes) is 11. The molecule has 23 heavy (non-hydrogen) atoms. The zero-order valence-electron chi connectivity index (χ0n) is 15.5. The van der Waals surface area contributed by atoms with E-state index in [1.165, 1.54) is 83.7 Å². The van der Waals surface area contributed by atoms with Crippen LogP contribution in [-0.4, -0.2) is 19.0 Å². The summed E-state index contributed by atoms with van der Waals surface area (Å²) in [5.74, 6) is -0.164. The van der Waals surface area contributed by atoms with Crippen molar-refractivity contribution in [2.45, 2.75) is 96.8 Å². The molecule has 1 heterocycles. The third kappa shape index (κ3) is 26.4. The average Bonchev–Trinajstić information content (AvgIpc) is 3.39. The highest BCUT2D eigenvalue weighted by Gasteiger charge is 1.94. The van der Waals surface area contributed by atoms with E-state index >= 15 is 0 Å². The van der Waals surface area contributed by atoms with Crippen LogP contribution in [0.15, 0.2) is 12.2 Å². The van der Waals surface area contributed by atoms with E-state index in [1.54, 1.807) is 0 Å². The van der Waals surface area contributed by atoms with Gasteiger partial charge in [0, 0.05) is 19.5 Å². The lowest BCUT2D eigenvalue weighted by molar-refractivity contribution is -0.118. The number of carbonyl (C=O) groups is 1. The van der Waals surface area contributed by atoms with Crippen LogP contribution in [0.25, 0.3) is 0 Å². The lowest BCUT2D eigenvalue weighted by Crippen LogP contribution is -2.09. The van der Waals surface area contributed by atoms with Crippen LogP contribution in [0.4, 0.5) is 0 Å². The summed E-state index contributed by atoms with van der Waals surface area (Å²) >= 11 is 0. The maximum atomic E-state index is 10.5. The summed E-state index contributed by atoms with van der Waals surface area (Å²) in [4.78, 5) is 10.5. The number of hydrogen-bond acceptors (Lipinski definition) is 2. The van der Waals surface area contributed by atoms with Crippen LogP contribution in [0.1, 0.15) is 96.8 Å². The van der Waals surface area contributed by atoms with Gasteiger partial charge in [-0.3, -0.25) is 4.79 Å².